The quantitative estimate of drug-likeness (QED) is 0.805. The average molecular weight is 260 g/mol. The van der Waals surface area contributed by atoms with E-state index in [0.717, 1.165) is 18.5 Å². The van der Waals surface area contributed by atoms with Crippen molar-refractivity contribution in [2.24, 2.45) is 5.92 Å². The Morgan fingerprint density at radius 1 is 1.31 bits per heavy atom. The van der Waals surface area contributed by atoms with Gasteiger partial charge in [-0.15, -0.1) is 0 Å². The third kappa shape index (κ3) is 2.45. The molecule has 0 spiro atoms. The predicted octanol–water partition coefficient (Wildman–Crippen LogP) is 3.76. The van der Waals surface area contributed by atoms with Crippen LogP contribution in [0.1, 0.15) is 31.4 Å². The standard InChI is InChI=1S/C12H15Cl2NO/c1-7-2-3-15-11(4-7)8-5-9(13)12(16)10(14)6-8/h5-7,11,15-16H,2-4H2,1H3. The number of piperidine rings is 1. The van der Waals surface area contributed by atoms with Crippen LogP contribution in [0.2, 0.25) is 10.0 Å². The van der Waals surface area contributed by atoms with Crippen LogP contribution in [0.15, 0.2) is 12.1 Å². The lowest BCUT2D eigenvalue weighted by atomic mass is 9.90. The van der Waals surface area contributed by atoms with Gasteiger partial charge < -0.3 is 10.4 Å². The first-order chi connectivity index (χ1) is 7.58. The molecule has 0 radical (unpaired) electrons. The van der Waals surface area contributed by atoms with E-state index in [0.29, 0.717) is 22.0 Å². The molecule has 1 aromatic rings. The molecular formula is C12H15Cl2NO. The van der Waals surface area contributed by atoms with Gasteiger partial charge in [0.25, 0.3) is 0 Å². The molecule has 0 amide bonds. The molecule has 0 aromatic heterocycles. The van der Waals surface area contributed by atoms with Gasteiger partial charge in [-0.2, -0.15) is 0 Å². The molecule has 88 valence electrons. The van der Waals surface area contributed by atoms with Crippen molar-refractivity contribution in [2.75, 3.05) is 6.54 Å². The summed E-state index contributed by atoms with van der Waals surface area (Å²) in [5.74, 6) is 0.675. The summed E-state index contributed by atoms with van der Waals surface area (Å²) in [6, 6.07) is 3.87. The maximum atomic E-state index is 9.50. The highest BCUT2D eigenvalue weighted by Crippen LogP contribution is 2.36. The summed E-state index contributed by atoms with van der Waals surface area (Å²) in [6.07, 6.45) is 2.29. The molecule has 16 heavy (non-hydrogen) atoms. The van der Waals surface area contributed by atoms with Gasteiger partial charge in [0.15, 0.2) is 5.75 Å². The summed E-state index contributed by atoms with van der Waals surface area (Å²) in [6.45, 7) is 3.26. The van der Waals surface area contributed by atoms with Gasteiger partial charge in [0.1, 0.15) is 0 Å². The van der Waals surface area contributed by atoms with Crippen LogP contribution in [0.4, 0.5) is 0 Å². The van der Waals surface area contributed by atoms with E-state index in [2.05, 4.69) is 12.2 Å². The Balaban J connectivity index is 2.26. The number of phenols is 1. The Morgan fingerprint density at radius 3 is 2.50 bits per heavy atom. The number of hydrogen-bond donors (Lipinski definition) is 2. The summed E-state index contributed by atoms with van der Waals surface area (Å²) in [4.78, 5) is 0. The molecule has 1 aromatic carbocycles. The molecule has 2 nitrogen and oxygen atoms in total. The van der Waals surface area contributed by atoms with E-state index in [1.165, 1.54) is 6.42 Å². The van der Waals surface area contributed by atoms with Gasteiger partial charge in [0.05, 0.1) is 10.0 Å². The molecule has 0 bridgehead atoms. The van der Waals surface area contributed by atoms with Crippen LogP contribution in [0.25, 0.3) is 0 Å². The van der Waals surface area contributed by atoms with Crippen LogP contribution in [-0.2, 0) is 0 Å². The molecule has 4 heteroatoms. The average Bonchev–Trinajstić information content (AvgIpc) is 2.25. The summed E-state index contributed by atoms with van der Waals surface area (Å²) in [5, 5.41) is 13.6. The van der Waals surface area contributed by atoms with Crippen molar-refractivity contribution >= 4 is 23.2 Å². The monoisotopic (exact) mass is 259 g/mol. The summed E-state index contributed by atoms with van der Waals surface area (Å²) in [7, 11) is 0. The van der Waals surface area contributed by atoms with E-state index >= 15 is 0 Å². The zero-order chi connectivity index (χ0) is 11.7. The fourth-order valence-electron chi connectivity index (χ4n) is 2.15. The second-order valence-electron chi connectivity index (χ2n) is 4.47. The van der Waals surface area contributed by atoms with Crippen molar-refractivity contribution in [3.63, 3.8) is 0 Å². The Hall–Kier alpha value is -0.440. The van der Waals surface area contributed by atoms with Crippen molar-refractivity contribution in [2.45, 2.75) is 25.8 Å². The van der Waals surface area contributed by atoms with Gasteiger partial charge in [-0.05, 0) is 43.0 Å². The highest BCUT2D eigenvalue weighted by atomic mass is 35.5. The Labute approximate surface area is 106 Å². The Kier molecular flexibility index (Phi) is 3.63. The fourth-order valence-corrected chi connectivity index (χ4v) is 2.65. The van der Waals surface area contributed by atoms with E-state index < -0.39 is 0 Å². The second kappa shape index (κ2) is 4.82. The maximum Gasteiger partial charge on any atom is 0.152 e. The van der Waals surface area contributed by atoms with Gasteiger partial charge in [-0.3, -0.25) is 0 Å². The van der Waals surface area contributed by atoms with Crippen LogP contribution < -0.4 is 5.32 Å². The molecule has 1 aliphatic heterocycles. The van der Waals surface area contributed by atoms with E-state index in [9.17, 15) is 5.11 Å². The molecule has 2 unspecified atom stereocenters. The molecule has 2 rings (SSSR count). The first-order valence-corrected chi connectivity index (χ1v) is 6.25. The molecule has 0 aliphatic carbocycles. The highest BCUT2D eigenvalue weighted by molar-refractivity contribution is 6.37. The molecular weight excluding hydrogens is 245 g/mol. The van der Waals surface area contributed by atoms with Gasteiger partial charge in [0.2, 0.25) is 0 Å². The number of halogens is 2. The minimum Gasteiger partial charge on any atom is -0.505 e. The Morgan fingerprint density at radius 2 is 1.94 bits per heavy atom. The minimum atomic E-state index is -0.0315. The van der Waals surface area contributed by atoms with Crippen LogP contribution in [0, 0.1) is 5.92 Å². The highest BCUT2D eigenvalue weighted by Gasteiger charge is 2.21. The number of rotatable bonds is 1. The number of nitrogens with one attached hydrogen (secondary N) is 1. The van der Waals surface area contributed by atoms with Crippen molar-refractivity contribution in [3.05, 3.63) is 27.7 Å². The lowest BCUT2D eigenvalue weighted by Crippen LogP contribution is -2.30. The van der Waals surface area contributed by atoms with Crippen molar-refractivity contribution < 1.29 is 5.11 Å². The largest absolute Gasteiger partial charge is 0.505 e. The van der Waals surface area contributed by atoms with Gasteiger partial charge >= 0.3 is 0 Å². The van der Waals surface area contributed by atoms with Crippen molar-refractivity contribution in [3.8, 4) is 5.75 Å². The predicted molar refractivity (Wildman–Crippen MR) is 67.3 cm³/mol. The lowest BCUT2D eigenvalue weighted by Gasteiger charge is -2.28. The minimum absolute atomic E-state index is 0.0315. The van der Waals surface area contributed by atoms with E-state index in [1.54, 1.807) is 12.1 Å². The smallest absolute Gasteiger partial charge is 0.152 e. The van der Waals surface area contributed by atoms with Crippen LogP contribution >= 0.6 is 23.2 Å². The molecule has 1 fully saturated rings. The molecule has 0 saturated carbocycles. The van der Waals surface area contributed by atoms with E-state index in [4.69, 9.17) is 23.2 Å². The van der Waals surface area contributed by atoms with Gasteiger partial charge in [-0.25, -0.2) is 0 Å². The SMILES string of the molecule is CC1CCNC(c2cc(Cl)c(O)c(Cl)c2)C1. The number of benzene rings is 1. The summed E-state index contributed by atoms with van der Waals surface area (Å²) < 4.78 is 0. The molecule has 1 saturated heterocycles. The summed E-state index contributed by atoms with van der Waals surface area (Å²) in [5.41, 5.74) is 1.05. The first kappa shape index (κ1) is 12.0. The zero-order valence-corrected chi connectivity index (χ0v) is 10.6. The van der Waals surface area contributed by atoms with Crippen molar-refractivity contribution in [1.82, 2.24) is 5.32 Å². The number of aromatic hydroxyl groups is 1. The van der Waals surface area contributed by atoms with E-state index in [1.807, 2.05) is 0 Å². The Bertz CT molecular complexity index is 372. The van der Waals surface area contributed by atoms with Crippen LogP contribution in [0.3, 0.4) is 0 Å². The second-order valence-corrected chi connectivity index (χ2v) is 5.28. The summed E-state index contributed by atoms with van der Waals surface area (Å²) >= 11 is 11.8. The number of hydrogen-bond acceptors (Lipinski definition) is 2. The lowest BCUT2D eigenvalue weighted by molar-refractivity contribution is 0.325. The molecule has 2 N–H and O–H groups in total. The fraction of sp³-hybridized carbons (Fsp3) is 0.500. The third-order valence-corrected chi connectivity index (χ3v) is 3.68. The zero-order valence-electron chi connectivity index (χ0n) is 9.13. The maximum absolute atomic E-state index is 9.50. The topological polar surface area (TPSA) is 32.3 Å². The third-order valence-electron chi connectivity index (χ3n) is 3.11. The van der Waals surface area contributed by atoms with Crippen LogP contribution in [-0.4, -0.2) is 11.7 Å². The first-order valence-electron chi connectivity index (χ1n) is 5.49. The van der Waals surface area contributed by atoms with Gasteiger partial charge in [0, 0.05) is 6.04 Å². The molecule has 2 atom stereocenters. The van der Waals surface area contributed by atoms with Crippen molar-refractivity contribution in [1.29, 1.82) is 0 Å². The normalized spacial score (nSPS) is 25.7. The molecule has 1 aliphatic rings. The molecule has 1 heterocycles. The van der Waals surface area contributed by atoms with E-state index in [-0.39, 0.29) is 5.75 Å². The van der Waals surface area contributed by atoms with Gasteiger partial charge in [-0.1, -0.05) is 30.1 Å². The van der Waals surface area contributed by atoms with Crippen LogP contribution in [0.5, 0.6) is 5.75 Å². The number of phenolic OH excluding ortho intramolecular Hbond substituents is 1.